The zero-order valence-electron chi connectivity index (χ0n) is 9.75. The van der Waals surface area contributed by atoms with Gasteiger partial charge in [-0.25, -0.2) is 4.39 Å². The summed E-state index contributed by atoms with van der Waals surface area (Å²) in [6.07, 6.45) is 2.33. The van der Waals surface area contributed by atoms with Gasteiger partial charge in [0.25, 0.3) is 0 Å². The van der Waals surface area contributed by atoms with Crippen molar-refractivity contribution in [1.29, 1.82) is 0 Å². The Morgan fingerprint density at radius 3 is 3.00 bits per heavy atom. The van der Waals surface area contributed by atoms with Gasteiger partial charge in [0.2, 0.25) is 0 Å². The largest absolute Gasteiger partial charge is 0.366 e. The Balaban J connectivity index is 2.07. The molecule has 16 heavy (non-hydrogen) atoms. The third-order valence-corrected chi connectivity index (χ3v) is 3.09. The Bertz CT molecular complexity index is 338. The highest BCUT2D eigenvalue weighted by molar-refractivity contribution is 5.48. The molecule has 0 aliphatic carbocycles. The molecule has 0 bridgehead atoms. The van der Waals surface area contributed by atoms with Crippen LogP contribution >= 0.6 is 0 Å². The average molecular weight is 222 g/mol. The lowest BCUT2D eigenvalue weighted by Crippen LogP contribution is -2.50. The van der Waals surface area contributed by atoms with Gasteiger partial charge in [0, 0.05) is 25.7 Å². The highest BCUT2D eigenvalue weighted by Gasteiger charge is 2.20. The summed E-state index contributed by atoms with van der Waals surface area (Å²) < 4.78 is 13.6. The summed E-state index contributed by atoms with van der Waals surface area (Å²) in [4.78, 5) is 2.14. The van der Waals surface area contributed by atoms with Gasteiger partial charge in [0.05, 0.1) is 5.69 Å². The van der Waals surface area contributed by atoms with Crippen LogP contribution in [-0.2, 0) is 0 Å². The second kappa shape index (κ2) is 5.30. The Labute approximate surface area is 96.5 Å². The van der Waals surface area contributed by atoms with Crippen LogP contribution in [0.4, 0.5) is 10.1 Å². The topological polar surface area (TPSA) is 15.3 Å². The van der Waals surface area contributed by atoms with E-state index in [1.54, 1.807) is 6.07 Å². The molecular weight excluding hydrogens is 203 g/mol. The number of hydrogen-bond acceptors (Lipinski definition) is 2. The van der Waals surface area contributed by atoms with Crippen molar-refractivity contribution < 1.29 is 4.39 Å². The van der Waals surface area contributed by atoms with Crippen LogP contribution in [0.5, 0.6) is 0 Å². The lowest BCUT2D eigenvalue weighted by molar-refractivity contribution is 0.427. The molecule has 2 nitrogen and oxygen atoms in total. The van der Waals surface area contributed by atoms with Crippen molar-refractivity contribution in [2.45, 2.75) is 25.8 Å². The number of rotatable bonds is 3. The summed E-state index contributed by atoms with van der Waals surface area (Å²) in [7, 11) is 0. The van der Waals surface area contributed by atoms with E-state index >= 15 is 0 Å². The maximum absolute atomic E-state index is 13.6. The molecule has 1 saturated heterocycles. The maximum Gasteiger partial charge on any atom is 0.146 e. The van der Waals surface area contributed by atoms with Crippen molar-refractivity contribution in [3.8, 4) is 0 Å². The summed E-state index contributed by atoms with van der Waals surface area (Å²) in [5, 5.41) is 3.48. The van der Waals surface area contributed by atoms with Crippen molar-refractivity contribution in [3.05, 3.63) is 30.1 Å². The minimum absolute atomic E-state index is 0.111. The van der Waals surface area contributed by atoms with Crippen molar-refractivity contribution in [2.24, 2.45) is 0 Å². The molecule has 3 heteroatoms. The molecule has 0 amide bonds. The smallest absolute Gasteiger partial charge is 0.146 e. The van der Waals surface area contributed by atoms with Gasteiger partial charge in [-0.15, -0.1) is 0 Å². The first kappa shape index (κ1) is 11.4. The molecule has 1 aromatic rings. The van der Waals surface area contributed by atoms with Gasteiger partial charge in [-0.2, -0.15) is 0 Å². The van der Waals surface area contributed by atoms with Crippen molar-refractivity contribution in [2.75, 3.05) is 24.5 Å². The van der Waals surface area contributed by atoms with E-state index in [1.165, 1.54) is 12.5 Å². The number of halogens is 1. The van der Waals surface area contributed by atoms with Gasteiger partial charge < -0.3 is 10.2 Å². The predicted molar refractivity (Wildman–Crippen MR) is 65.3 cm³/mol. The number of piperazine rings is 1. The first-order valence-corrected chi connectivity index (χ1v) is 6.04. The molecule has 1 aromatic carbocycles. The van der Waals surface area contributed by atoms with E-state index in [0.717, 1.165) is 31.7 Å². The van der Waals surface area contributed by atoms with E-state index < -0.39 is 0 Å². The molecule has 1 N–H and O–H groups in total. The number of para-hydroxylation sites is 1. The summed E-state index contributed by atoms with van der Waals surface area (Å²) in [5.74, 6) is -0.111. The minimum Gasteiger partial charge on any atom is -0.366 e. The third kappa shape index (κ3) is 2.53. The lowest BCUT2D eigenvalue weighted by atomic mass is 10.1. The number of hydrogen-bond donors (Lipinski definition) is 1. The number of benzene rings is 1. The molecule has 0 radical (unpaired) electrons. The molecule has 0 saturated carbocycles. The normalized spacial score (nSPS) is 21.1. The molecule has 1 aliphatic heterocycles. The van der Waals surface area contributed by atoms with E-state index in [2.05, 4.69) is 17.1 Å². The van der Waals surface area contributed by atoms with E-state index in [4.69, 9.17) is 0 Å². The molecule has 1 atom stereocenters. The summed E-state index contributed by atoms with van der Waals surface area (Å²) in [5.41, 5.74) is 0.741. The van der Waals surface area contributed by atoms with Crippen LogP contribution in [0.15, 0.2) is 24.3 Å². The monoisotopic (exact) mass is 222 g/mol. The number of nitrogens with one attached hydrogen (secondary N) is 1. The third-order valence-electron chi connectivity index (χ3n) is 3.09. The van der Waals surface area contributed by atoms with Gasteiger partial charge in [0.15, 0.2) is 0 Å². The molecule has 1 unspecified atom stereocenters. The molecule has 1 aliphatic rings. The number of nitrogens with zero attached hydrogens (tertiary/aromatic N) is 1. The summed E-state index contributed by atoms with van der Waals surface area (Å²) in [6, 6.07) is 7.54. The van der Waals surface area contributed by atoms with E-state index in [9.17, 15) is 4.39 Å². The SMILES string of the molecule is CCCC1CN(c2ccccc2F)CCN1. The van der Waals surface area contributed by atoms with E-state index in [0.29, 0.717) is 6.04 Å². The standard InChI is InChI=1S/C13H19FN2/c1-2-5-11-10-16(9-8-15-11)13-7-4-3-6-12(13)14/h3-4,6-7,11,15H,2,5,8-10H2,1H3. The van der Waals surface area contributed by atoms with Crippen molar-refractivity contribution in [1.82, 2.24) is 5.32 Å². The van der Waals surface area contributed by atoms with Gasteiger partial charge in [-0.05, 0) is 18.6 Å². The summed E-state index contributed by atoms with van der Waals surface area (Å²) in [6.45, 7) is 4.93. The first-order chi connectivity index (χ1) is 7.81. The Morgan fingerprint density at radius 2 is 2.25 bits per heavy atom. The van der Waals surface area contributed by atoms with Gasteiger partial charge in [-0.3, -0.25) is 0 Å². The molecule has 88 valence electrons. The first-order valence-electron chi connectivity index (χ1n) is 6.04. The maximum atomic E-state index is 13.6. The van der Waals surface area contributed by atoms with Gasteiger partial charge in [0.1, 0.15) is 5.82 Å². The van der Waals surface area contributed by atoms with Crippen LogP contribution in [0.2, 0.25) is 0 Å². The quantitative estimate of drug-likeness (QED) is 0.845. The highest BCUT2D eigenvalue weighted by Crippen LogP contribution is 2.20. The molecule has 2 rings (SSSR count). The average Bonchev–Trinajstić information content (AvgIpc) is 2.30. The zero-order chi connectivity index (χ0) is 11.4. The van der Waals surface area contributed by atoms with Crippen molar-refractivity contribution >= 4 is 5.69 Å². The van der Waals surface area contributed by atoms with Crippen molar-refractivity contribution in [3.63, 3.8) is 0 Å². The van der Waals surface area contributed by atoms with Crippen LogP contribution in [0.25, 0.3) is 0 Å². The second-order valence-electron chi connectivity index (χ2n) is 4.34. The van der Waals surface area contributed by atoms with Crippen LogP contribution in [0.3, 0.4) is 0 Å². The minimum atomic E-state index is -0.111. The van der Waals surface area contributed by atoms with Gasteiger partial charge in [-0.1, -0.05) is 25.5 Å². The zero-order valence-corrected chi connectivity index (χ0v) is 9.75. The Hall–Kier alpha value is -1.09. The molecule has 1 heterocycles. The van der Waals surface area contributed by atoms with Crippen LogP contribution in [0, 0.1) is 5.82 Å². The fourth-order valence-electron chi connectivity index (χ4n) is 2.29. The molecule has 1 fully saturated rings. The van der Waals surface area contributed by atoms with E-state index in [-0.39, 0.29) is 5.82 Å². The van der Waals surface area contributed by atoms with Crippen LogP contribution in [-0.4, -0.2) is 25.7 Å². The van der Waals surface area contributed by atoms with E-state index in [1.807, 2.05) is 12.1 Å². The predicted octanol–water partition coefficient (Wildman–Crippen LogP) is 2.40. The van der Waals surface area contributed by atoms with Crippen LogP contribution < -0.4 is 10.2 Å². The second-order valence-corrected chi connectivity index (χ2v) is 4.34. The van der Waals surface area contributed by atoms with Crippen LogP contribution in [0.1, 0.15) is 19.8 Å². The molecule has 0 spiro atoms. The lowest BCUT2D eigenvalue weighted by Gasteiger charge is -2.35. The fraction of sp³-hybridized carbons (Fsp3) is 0.538. The van der Waals surface area contributed by atoms with Gasteiger partial charge >= 0.3 is 0 Å². The highest BCUT2D eigenvalue weighted by atomic mass is 19.1. The Morgan fingerprint density at radius 1 is 1.44 bits per heavy atom. The summed E-state index contributed by atoms with van der Waals surface area (Å²) >= 11 is 0. The molecule has 0 aromatic heterocycles. The number of anilines is 1. The Kier molecular flexibility index (Phi) is 3.78. The molecular formula is C13H19FN2. The fourth-order valence-corrected chi connectivity index (χ4v) is 2.29.